The van der Waals surface area contributed by atoms with Crippen LogP contribution in [-0.4, -0.2) is 39.5 Å². The fraction of sp³-hybridized carbons (Fsp3) is 0.400. The molecular weight excluding hydrogens is 431 g/mol. The highest BCUT2D eigenvalue weighted by Gasteiger charge is 2.50. The average molecular weight is 451 g/mol. The molecule has 3 N–H and O–H groups in total. The summed E-state index contributed by atoms with van der Waals surface area (Å²) >= 11 is 1.45. The van der Waals surface area contributed by atoms with E-state index in [1.54, 1.807) is 0 Å². The summed E-state index contributed by atoms with van der Waals surface area (Å²) in [6.07, 6.45) is -0.265. The Morgan fingerprint density at radius 2 is 2.16 bits per heavy atom. The summed E-state index contributed by atoms with van der Waals surface area (Å²) in [4.78, 5) is 24.3. The lowest BCUT2D eigenvalue weighted by Gasteiger charge is -2.46. The van der Waals surface area contributed by atoms with Crippen molar-refractivity contribution in [3.8, 4) is 0 Å². The Bertz CT molecular complexity index is 1020. The van der Waals surface area contributed by atoms with E-state index in [1.807, 2.05) is 6.92 Å². The third-order valence-corrected chi connectivity index (χ3v) is 6.54. The summed E-state index contributed by atoms with van der Waals surface area (Å²) in [5, 5.41) is 3.08. The van der Waals surface area contributed by atoms with Gasteiger partial charge in [0.05, 0.1) is 19.0 Å². The second kappa shape index (κ2) is 8.46. The summed E-state index contributed by atoms with van der Waals surface area (Å²) in [5.74, 6) is -1.13. The molecule has 2 aromatic rings. The summed E-state index contributed by atoms with van der Waals surface area (Å²) < 4.78 is 45.9. The summed E-state index contributed by atoms with van der Waals surface area (Å²) in [7, 11) is 0. The smallest absolute Gasteiger partial charge is 0.281 e. The number of aromatic nitrogens is 2. The van der Waals surface area contributed by atoms with Crippen LogP contribution < -0.4 is 11.1 Å². The second-order valence-electron chi connectivity index (χ2n) is 7.42. The van der Waals surface area contributed by atoms with Gasteiger partial charge < -0.3 is 15.8 Å². The van der Waals surface area contributed by atoms with Crippen LogP contribution in [0, 0.1) is 11.7 Å². The maximum atomic E-state index is 15.0. The van der Waals surface area contributed by atoms with Crippen molar-refractivity contribution in [1.29, 1.82) is 0 Å². The molecule has 0 bridgehead atoms. The van der Waals surface area contributed by atoms with Crippen molar-refractivity contribution in [2.45, 2.75) is 30.6 Å². The Kier molecular flexibility index (Phi) is 5.89. The number of benzene rings is 1. The number of ether oxygens (including phenoxy) is 1. The van der Waals surface area contributed by atoms with E-state index in [9.17, 15) is 18.0 Å². The zero-order valence-electron chi connectivity index (χ0n) is 16.5. The van der Waals surface area contributed by atoms with Gasteiger partial charge in [0, 0.05) is 29.0 Å². The number of aliphatic imine (C=N–C) groups is 1. The zero-order chi connectivity index (χ0) is 22.2. The van der Waals surface area contributed by atoms with Crippen molar-refractivity contribution in [2.24, 2.45) is 16.6 Å². The van der Waals surface area contributed by atoms with Crippen molar-refractivity contribution >= 4 is 28.5 Å². The number of alkyl halides is 2. The highest BCUT2D eigenvalue weighted by Crippen LogP contribution is 2.48. The molecule has 3 heterocycles. The third kappa shape index (κ3) is 4.11. The number of rotatable bonds is 4. The SMILES string of the molecule is CC1SC(N)=N[C@@]2(c3cc(NC(=O)c4cnc(C(F)F)cn4)ccc3F)COCC[C@@H]12. The quantitative estimate of drug-likeness (QED) is 0.738. The summed E-state index contributed by atoms with van der Waals surface area (Å²) in [6, 6.07) is 4.16. The molecule has 0 saturated carbocycles. The number of carbonyl (C=O) groups excluding carboxylic acids is 1. The maximum Gasteiger partial charge on any atom is 0.281 e. The van der Waals surface area contributed by atoms with Gasteiger partial charge >= 0.3 is 0 Å². The van der Waals surface area contributed by atoms with Crippen LogP contribution in [0.5, 0.6) is 0 Å². The minimum Gasteiger partial charge on any atom is -0.379 e. The number of hydrogen-bond donors (Lipinski definition) is 2. The minimum absolute atomic E-state index is 0.00626. The van der Waals surface area contributed by atoms with Gasteiger partial charge in [0.15, 0.2) is 5.17 Å². The Hall–Kier alpha value is -2.66. The van der Waals surface area contributed by atoms with Gasteiger partial charge in [0.1, 0.15) is 22.7 Å². The lowest BCUT2D eigenvalue weighted by Crippen LogP contribution is -2.50. The largest absolute Gasteiger partial charge is 0.379 e. The molecule has 1 aromatic heterocycles. The first-order valence-electron chi connectivity index (χ1n) is 9.61. The fourth-order valence-electron chi connectivity index (χ4n) is 4.05. The van der Waals surface area contributed by atoms with Crippen molar-refractivity contribution in [3.05, 3.63) is 53.4 Å². The molecular formula is C20H20F3N5O2S. The van der Waals surface area contributed by atoms with E-state index in [2.05, 4.69) is 20.3 Å². The first-order chi connectivity index (χ1) is 14.8. The summed E-state index contributed by atoms with van der Waals surface area (Å²) in [6.45, 7) is 2.76. The van der Waals surface area contributed by atoms with Gasteiger partial charge in [-0.1, -0.05) is 18.7 Å². The van der Waals surface area contributed by atoms with Gasteiger partial charge in [-0.05, 0) is 24.6 Å². The first-order valence-corrected chi connectivity index (χ1v) is 10.5. The van der Waals surface area contributed by atoms with Crippen LogP contribution in [0.4, 0.5) is 18.9 Å². The molecule has 1 unspecified atom stereocenters. The van der Waals surface area contributed by atoms with Crippen LogP contribution in [0.3, 0.4) is 0 Å². The number of thioether (sulfide) groups is 1. The Labute approximate surface area is 180 Å². The lowest BCUT2D eigenvalue weighted by atomic mass is 9.74. The molecule has 31 heavy (non-hydrogen) atoms. The standard InChI is InChI=1S/C20H20F3N5O2S/c1-10-12-4-5-30-9-20(12,28-19(24)31-10)13-6-11(2-3-14(13)21)27-18(29)16-8-25-15(7-26-16)17(22)23/h2-3,6-8,10,12,17H,4-5,9H2,1H3,(H2,24,28)(H,27,29)/t10?,12-,20-/m0/s1. The molecule has 2 aliphatic heterocycles. The predicted octanol–water partition coefficient (Wildman–Crippen LogP) is 3.49. The number of anilines is 1. The number of amidine groups is 1. The van der Waals surface area contributed by atoms with E-state index in [0.717, 1.165) is 12.4 Å². The van der Waals surface area contributed by atoms with Crippen LogP contribution in [0.25, 0.3) is 0 Å². The number of hydrogen-bond acceptors (Lipinski definition) is 7. The average Bonchev–Trinajstić information content (AvgIpc) is 2.74. The molecule has 1 saturated heterocycles. The number of halogens is 3. The van der Waals surface area contributed by atoms with Crippen molar-refractivity contribution in [1.82, 2.24) is 9.97 Å². The Morgan fingerprint density at radius 1 is 1.35 bits per heavy atom. The highest BCUT2D eigenvalue weighted by molar-refractivity contribution is 8.14. The van der Waals surface area contributed by atoms with Crippen LogP contribution in [0.2, 0.25) is 0 Å². The number of carbonyl (C=O) groups is 1. The normalized spacial score (nSPS) is 25.6. The molecule has 1 fully saturated rings. The molecule has 3 atom stereocenters. The second-order valence-corrected chi connectivity index (χ2v) is 8.82. The van der Waals surface area contributed by atoms with E-state index >= 15 is 0 Å². The number of nitrogens with one attached hydrogen (secondary N) is 1. The first kappa shape index (κ1) is 21.6. The number of amides is 1. The molecule has 0 aliphatic carbocycles. The van der Waals surface area contributed by atoms with Gasteiger partial charge in [-0.3, -0.25) is 9.78 Å². The molecule has 164 valence electrons. The van der Waals surface area contributed by atoms with Gasteiger partial charge in [-0.15, -0.1) is 0 Å². The molecule has 11 heteroatoms. The molecule has 1 amide bonds. The zero-order valence-corrected chi connectivity index (χ0v) is 17.3. The number of nitrogens with two attached hydrogens (primary N) is 1. The van der Waals surface area contributed by atoms with Crippen molar-refractivity contribution < 1.29 is 22.7 Å². The molecule has 0 spiro atoms. The van der Waals surface area contributed by atoms with E-state index in [0.29, 0.717) is 23.9 Å². The van der Waals surface area contributed by atoms with E-state index in [-0.39, 0.29) is 29.0 Å². The van der Waals surface area contributed by atoms with Crippen LogP contribution >= 0.6 is 11.8 Å². The Morgan fingerprint density at radius 3 is 2.87 bits per heavy atom. The highest BCUT2D eigenvalue weighted by atomic mass is 32.2. The molecule has 4 rings (SSSR count). The fourth-order valence-corrected chi connectivity index (χ4v) is 5.18. The van der Waals surface area contributed by atoms with Crippen LogP contribution in [-0.2, 0) is 10.3 Å². The molecule has 2 aliphatic rings. The van der Waals surface area contributed by atoms with E-state index < -0.39 is 29.4 Å². The van der Waals surface area contributed by atoms with Crippen molar-refractivity contribution in [3.63, 3.8) is 0 Å². The van der Waals surface area contributed by atoms with E-state index in [4.69, 9.17) is 10.5 Å². The molecule has 7 nitrogen and oxygen atoms in total. The Balaban J connectivity index is 1.65. The molecule has 0 radical (unpaired) electrons. The van der Waals surface area contributed by atoms with Gasteiger partial charge in [0.2, 0.25) is 0 Å². The van der Waals surface area contributed by atoms with Crippen molar-refractivity contribution in [2.75, 3.05) is 18.5 Å². The maximum absolute atomic E-state index is 15.0. The molecule has 1 aromatic carbocycles. The minimum atomic E-state index is -2.78. The third-order valence-electron chi connectivity index (χ3n) is 5.51. The van der Waals surface area contributed by atoms with Crippen LogP contribution in [0.15, 0.2) is 35.6 Å². The topological polar surface area (TPSA) is 102 Å². The predicted molar refractivity (Wildman–Crippen MR) is 111 cm³/mol. The number of nitrogens with zero attached hydrogens (tertiary/aromatic N) is 3. The van der Waals surface area contributed by atoms with Gasteiger partial charge in [-0.25, -0.2) is 23.1 Å². The number of fused-ring (bicyclic) bond motifs is 1. The van der Waals surface area contributed by atoms with E-state index in [1.165, 1.54) is 30.0 Å². The monoisotopic (exact) mass is 451 g/mol. The van der Waals surface area contributed by atoms with Crippen LogP contribution in [0.1, 0.15) is 41.5 Å². The van der Waals surface area contributed by atoms with Gasteiger partial charge in [-0.2, -0.15) is 0 Å². The van der Waals surface area contributed by atoms with Gasteiger partial charge in [0.25, 0.3) is 12.3 Å². The lowest BCUT2D eigenvalue weighted by molar-refractivity contribution is -0.00417. The summed E-state index contributed by atoms with van der Waals surface area (Å²) in [5.41, 5.74) is 4.96.